The number of anilines is 1. The molecule has 0 saturated heterocycles. The summed E-state index contributed by atoms with van der Waals surface area (Å²) in [6.07, 6.45) is 0. The number of benzene rings is 2. The third kappa shape index (κ3) is 5.77. The molecule has 0 aliphatic carbocycles. The van der Waals surface area contributed by atoms with Crippen molar-refractivity contribution in [3.63, 3.8) is 0 Å². The minimum absolute atomic E-state index is 0.145. The molecule has 0 aliphatic heterocycles. The van der Waals surface area contributed by atoms with Gasteiger partial charge in [0.1, 0.15) is 11.6 Å². The Bertz CT molecular complexity index is 1050. The predicted octanol–water partition coefficient (Wildman–Crippen LogP) is 3.08. The maximum atomic E-state index is 12.4. The van der Waals surface area contributed by atoms with Gasteiger partial charge in [0.05, 0.1) is 24.1 Å². The van der Waals surface area contributed by atoms with E-state index in [1.807, 2.05) is 68.4 Å². The van der Waals surface area contributed by atoms with Crippen molar-refractivity contribution < 1.29 is 4.74 Å². The van der Waals surface area contributed by atoms with Crippen LogP contribution >= 0.6 is 12.2 Å². The van der Waals surface area contributed by atoms with Gasteiger partial charge in [0.15, 0.2) is 5.11 Å². The van der Waals surface area contributed by atoms with Crippen LogP contribution in [0.2, 0.25) is 0 Å². The summed E-state index contributed by atoms with van der Waals surface area (Å²) in [4.78, 5) is 24.0. The average molecular weight is 426 g/mol. The molecule has 7 nitrogen and oxygen atoms in total. The van der Waals surface area contributed by atoms with Crippen LogP contribution in [0.4, 0.5) is 5.69 Å². The van der Waals surface area contributed by atoms with Crippen molar-refractivity contribution in [2.75, 3.05) is 39.1 Å². The Labute approximate surface area is 181 Å². The third-order valence-corrected chi connectivity index (χ3v) is 4.88. The molecule has 1 heterocycles. The molecule has 3 rings (SSSR count). The highest BCUT2D eigenvalue weighted by Crippen LogP contribution is 2.16. The minimum Gasteiger partial charge on any atom is -0.494 e. The number of nitrogens with zero attached hydrogens (tertiary/aromatic N) is 3. The summed E-state index contributed by atoms with van der Waals surface area (Å²) in [5.74, 6) is 1.39. The number of ether oxygens (including phenoxy) is 1. The molecule has 0 saturated carbocycles. The predicted molar refractivity (Wildman–Crippen MR) is 125 cm³/mol. The lowest BCUT2D eigenvalue weighted by Gasteiger charge is -2.27. The van der Waals surface area contributed by atoms with Gasteiger partial charge in [-0.2, -0.15) is 0 Å². The van der Waals surface area contributed by atoms with E-state index in [0.29, 0.717) is 41.5 Å². The molecular weight excluding hydrogens is 398 g/mol. The maximum Gasteiger partial charge on any atom is 0.258 e. The van der Waals surface area contributed by atoms with Crippen LogP contribution in [0, 0.1) is 0 Å². The number of nitrogens with one attached hydrogen (secondary N) is 2. The second-order valence-corrected chi connectivity index (χ2v) is 7.53. The molecule has 0 unspecified atom stereocenters. The van der Waals surface area contributed by atoms with E-state index >= 15 is 0 Å². The Morgan fingerprint density at radius 1 is 1.13 bits per heavy atom. The van der Waals surface area contributed by atoms with Gasteiger partial charge >= 0.3 is 0 Å². The van der Waals surface area contributed by atoms with Gasteiger partial charge in [-0.25, -0.2) is 4.98 Å². The number of H-pyrrole nitrogens is 1. The molecule has 2 aromatic carbocycles. The summed E-state index contributed by atoms with van der Waals surface area (Å²) >= 11 is 5.67. The lowest BCUT2D eigenvalue weighted by atomic mass is 10.2. The highest BCUT2D eigenvalue weighted by Gasteiger charge is 2.14. The van der Waals surface area contributed by atoms with E-state index in [1.165, 1.54) is 0 Å². The molecule has 30 heavy (non-hydrogen) atoms. The van der Waals surface area contributed by atoms with Gasteiger partial charge in [0, 0.05) is 18.8 Å². The number of thiocarbonyl (C=S) groups is 1. The normalized spacial score (nSPS) is 10.9. The summed E-state index contributed by atoms with van der Waals surface area (Å²) in [5.41, 5.74) is 1.40. The van der Waals surface area contributed by atoms with Crippen LogP contribution in [0.5, 0.6) is 5.75 Å². The molecule has 158 valence electrons. The van der Waals surface area contributed by atoms with Gasteiger partial charge in [0.2, 0.25) is 0 Å². The number of likely N-dealkylation sites (N-methyl/N-ethyl adjacent to an activating group) is 1. The van der Waals surface area contributed by atoms with Crippen molar-refractivity contribution in [1.29, 1.82) is 0 Å². The van der Waals surface area contributed by atoms with E-state index in [-0.39, 0.29) is 5.56 Å². The lowest BCUT2D eigenvalue weighted by Crippen LogP contribution is -2.39. The Balaban J connectivity index is 1.78. The van der Waals surface area contributed by atoms with Gasteiger partial charge in [-0.3, -0.25) is 4.79 Å². The molecule has 0 atom stereocenters. The summed E-state index contributed by atoms with van der Waals surface area (Å²) < 4.78 is 5.48. The maximum absolute atomic E-state index is 12.4. The van der Waals surface area contributed by atoms with Crippen LogP contribution < -0.4 is 15.6 Å². The monoisotopic (exact) mass is 425 g/mol. The van der Waals surface area contributed by atoms with E-state index in [0.717, 1.165) is 18.0 Å². The average Bonchev–Trinajstić information content (AvgIpc) is 2.72. The van der Waals surface area contributed by atoms with E-state index in [9.17, 15) is 4.79 Å². The van der Waals surface area contributed by atoms with Crippen LogP contribution in [0.1, 0.15) is 12.7 Å². The molecule has 0 radical (unpaired) electrons. The largest absolute Gasteiger partial charge is 0.494 e. The smallest absolute Gasteiger partial charge is 0.258 e. The highest BCUT2D eigenvalue weighted by atomic mass is 32.1. The summed E-state index contributed by atoms with van der Waals surface area (Å²) in [5, 5.41) is 4.42. The standard InChI is InChI=1S/C22H27N5O2S/c1-4-29-17-11-9-16(10-12-17)23-22(30)27(14-13-26(2)3)15-20-24-19-8-6-5-7-18(19)21(28)25-20/h5-12H,4,13-15H2,1-3H3,(H,23,30)(H,24,25,28). The summed E-state index contributed by atoms with van der Waals surface area (Å²) in [7, 11) is 4.02. The molecule has 8 heteroatoms. The first-order chi connectivity index (χ1) is 14.5. The Hall–Kier alpha value is -2.97. The number of hydrogen-bond donors (Lipinski definition) is 2. The van der Waals surface area contributed by atoms with Crippen molar-refractivity contribution in [1.82, 2.24) is 19.8 Å². The Morgan fingerprint density at radius 2 is 1.87 bits per heavy atom. The zero-order valence-electron chi connectivity index (χ0n) is 17.5. The molecular formula is C22H27N5O2S. The van der Waals surface area contributed by atoms with Gasteiger partial charge in [-0.15, -0.1) is 0 Å². The zero-order chi connectivity index (χ0) is 21.5. The quantitative estimate of drug-likeness (QED) is 0.537. The third-order valence-electron chi connectivity index (χ3n) is 4.52. The Kier molecular flexibility index (Phi) is 7.37. The van der Waals surface area contributed by atoms with E-state index in [1.54, 1.807) is 6.07 Å². The van der Waals surface area contributed by atoms with Gasteiger partial charge in [-0.05, 0) is 69.6 Å². The minimum atomic E-state index is -0.145. The molecule has 0 aliphatic rings. The fraction of sp³-hybridized carbons (Fsp3) is 0.318. The number of hydrogen-bond acceptors (Lipinski definition) is 5. The zero-order valence-corrected chi connectivity index (χ0v) is 18.3. The van der Waals surface area contributed by atoms with Crippen molar-refractivity contribution in [3.05, 3.63) is 64.7 Å². The number of rotatable bonds is 8. The van der Waals surface area contributed by atoms with E-state index in [2.05, 4.69) is 20.2 Å². The van der Waals surface area contributed by atoms with Crippen LogP contribution in [0.3, 0.4) is 0 Å². The topological polar surface area (TPSA) is 73.5 Å². The van der Waals surface area contributed by atoms with Crippen molar-refractivity contribution >= 4 is 33.9 Å². The van der Waals surface area contributed by atoms with Crippen LogP contribution in [-0.4, -0.2) is 58.7 Å². The molecule has 0 fully saturated rings. The molecule has 0 bridgehead atoms. The first-order valence-corrected chi connectivity index (χ1v) is 10.3. The molecule has 1 aromatic heterocycles. The molecule has 3 aromatic rings. The van der Waals surface area contributed by atoms with Gasteiger partial charge < -0.3 is 24.8 Å². The molecule has 0 amide bonds. The lowest BCUT2D eigenvalue weighted by molar-refractivity contribution is 0.323. The van der Waals surface area contributed by atoms with Crippen molar-refractivity contribution in [3.8, 4) is 5.75 Å². The van der Waals surface area contributed by atoms with E-state index in [4.69, 9.17) is 17.0 Å². The Morgan fingerprint density at radius 3 is 2.57 bits per heavy atom. The summed E-state index contributed by atoms with van der Waals surface area (Å²) in [6, 6.07) is 15.0. The molecule has 2 N–H and O–H groups in total. The van der Waals surface area contributed by atoms with Crippen LogP contribution in [-0.2, 0) is 6.54 Å². The van der Waals surface area contributed by atoms with Gasteiger partial charge in [0.25, 0.3) is 5.56 Å². The first kappa shape index (κ1) is 21.7. The van der Waals surface area contributed by atoms with Crippen LogP contribution in [0.15, 0.2) is 53.3 Å². The first-order valence-electron chi connectivity index (χ1n) is 9.87. The highest BCUT2D eigenvalue weighted by molar-refractivity contribution is 7.80. The van der Waals surface area contributed by atoms with Crippen molar-refractivity contribution in [2.45, 2.75) is 13.5 Å². The fourth-order valence-corrected chi connectivity index (χ4v) is 3.24. The number of aromatic nitrogens is 2. The number of para-hydroxylation sites is 1. The number of fused-ring (bicyclic) bond motifs is 1. The second kappa shape index (κ2) is 10.2. The SMILES string of the molecule is CCOc1ccc(NC(=S)N(CCN(C)C)Cc2nc3ccccc3c(=O)[nH]2)cc1. The fourth-order valence-electron chi connectivity index (χ4n) is 2.97. The van der Waals surface area contributed by atoms with Gasteiger partial charge in [-0.1, -0.05) is 12.1 Å². The van der Waals surface area contributed by atoms with Crippen LogP contribution in [0.25, 0.3) is 10.9 Å². The molecule has 0 spiro atoms. The number of aromatic amines is 1. The van der Waals surface area contributed by atoms with E-state index < -0.39 is 0 Å². The summed E-state index contributed by atoms with van der Waals surface area (Å²) in [6.45, 7) is 4.47. The second-order valence-electron chi connectivity index (χ2n) is 7.14. The van der Waals surface area contributed by atoms with Crippen molar-refractivity contribution in [2.24, 2.45) is 0 Å².